The first-order valence-electron chi connectivity index (χ1n) is 7.17. The van der Waals surface area contributed by atoms with E-state index in [1.807, 2.05) is 31.2 Å². The largest absolute Gasteiger partial charge is 0.478 e. The summed E-state index contributed by atoms with van der Waals surface area (Å²) >= 11 is 5.24. The lowest BCUT2D eigenvalue weighted by Crippen LogP contribution is -1.98. The highest BCUT2D eigenvalue weighted by Crippen LogP contribution is 2.21. The number of nitrogens with zero attached hydrogens (tertiary/aromatic N) is 3. The fourth-order valence-corrected chi connectivity index (χ4v) is 2.41. The fourth-order valence-electron chi connectivity index (χ4n) is 2.23. The SMILES string of the molecule is Cc1ccccc1-c1n[nH]c(=S)n1N=Cc1ccc(C(=O)O)cc1. The third kappa shape index (κ3) is 3.16. The van der Waals surface area contributed by atoms with Gasteiger partial charge in [-0.2, -0.15) is 14.9 Å². The van der Waals surface area contributed by atoms with Crippen LogP contribution >= 0.6 is 12.2 Å². The van der Waals surface area contributed by atoms with Gasteiger partial charge in [0.1, 0.15) is 0 Å². The molecule has 6 nitrogen and oxygen atoms in total. The molecule has 3 aromatic rings. The van der Waals surface area contributed by atoms with E-state index in [4.69, 9.17) is 17.3 Å². The fraction of sp³-hybridized carbons (Fsp3) is 0.0588. The number of nitrogens with one attached hydrogen (secondary N) is 1. The van der Waals surface area contributed by atoms with Crippen LogP contribution in [0.3, 0.4) is 0 Å². The van der Waals surface area contributed by atoms with Gasteiger partial charge in [0.05, 0.1) is 11.8 Å². The Kier molecular flexibility index (Phi) is 4.35. The van der Waals surface area contributed by atoms with Crippen LogP contribution in [0.15, 0.2) is 53.6 Å². The van der Waals surface area contributed by atoms with Crippen LogP contribution in [0.5, 0.6) is 0 Å². The van der Waals surface area contributed by atoms with Gasteiger partial charge in [0, 0.05) is 5.56 Å². The van der Waals surface area contributed by atoms with Crippen LogP contribution in [-0.4, -0.2) is 32.2 Å². The lowest BCUT2D eigenvalue weighted by atomic mass is 10.1. The predicted octanol–water partition coefficient (Wildman–Crippen LogP) is 3.50. The smallest absolute Gasteiger partial charge is 0.335 e. The molecule has 7 heteroatoms. The number of aryl methyl sites for hydroxylation is 1. The molecular formula is C17H14N4O2S. The second-order valence-electron chi connectivity index (χ2n) is 5.15. The van der Waals surface area contributed by atoms with Crippen LogP contribution in [-0.2, 0) is 0 Å². The number of aromatic carboxylic acids is 1. The van der Waals surface area contributed by atoms with Crippen molar-refractivity contribution in [1.29, 1.82) is 0 Å². The van der Waals surface area contributed by atoms with Gasteiger partial charge >= 0.3 is 5.97 Å². The molecule has 0 bridgehead atoms. The quantitative estimate of drug-likeness (QED) is 0.563. The summed E-state index contributed by atoms with van der Waals surface area (Å²) in [6, 6.07) is 14.3. The average Bonchev–Trinajstić information content (AvgIpc) is 2.94. The first kappa shape index (κ1) is 15.8. The third-order valence-corrected chi connectivity index (χ3v) is 3.78. The minimum Gasteiger partial charge on any atom is -0.478 e. The van der Waals surface area contributed by atoms with E-state index in [1.165, 1.54) is 12.1 Å². The molecule has 0 saturated carbocycles. The van der Waals surface area contributed by atoms with Crippen molar-refractivity contribution in [2.45, 2.75) is 6.92 Å². The van der Waals surface area contributed by atoms with Gasteiger partial charge in [0.25, 0.3) is 0 Å². The molecular weight excluding hydrogens is 324 g/mol. The van der Waals surface area contributed by atoms with E-state index in [1.54, 1.807) is 23.0 Å². The predicted molar refractivity (Wildman–Crippen MR) is 94.0 cm³/mol. The Bertz CT molecular complexity index is 971. The number of carbonyl (C=O) groups is 1. The summed E-state index contributed by atoms with van der Waals surface area (Å²) in [5.74, 6) is -0.339. The number of carboxylic acid groups (broad SMARTS) is 1. The molecule has 0 spiro atoms. The highest BCUT2D eigenvalue weighted by atomic mass is 32.1. The normalized spacial score (nSPS) is 11.0. The molecule has 0 aliphatic rings. The molecule has 1 heterocycles. The number of benzene rings is 2. The molecule has 1 aromatic heterocycles. The first-order chi connectivity index (χ1) is 11.6. The van der Waals surface area contributed by atoms with E-state index in [-0.39, 0.29) is 5.56 Å². The second kappa shape index (κ2) is 6.59. The Morgan fingerprint density at radius 1 is 1.25 bits per heavy atom. The number of rotatable bonds is 4. The van der Waals surface area contributed by atoms with Gasteiger partial charge in [-0.25, -0.2) is 9.89 Å². The van der Waals surface area contributed by atoms with Crippen LogP contribution < -0.4 is 0 Å². The van der Waals surface area contributed by atoms with Crippen LogP contribution in [0, 0.1) is 11.7 Å². The number of hydrogen-bond acceptors (Lipinski definition) is 4. The molecule has 0 aliphatic heterocycles. The van der Waals surface area contributed by atoms with E-state index in [2.05, 4.69) is 15.3 Å². The average molecular weight is 338 g/mol. The maximum atomic E-state index is 10.9. The zero-order valence-electron chi connectivity index (χ0n) is 12.8. The number of aromatic nitrogens is 3. The number of aromatic amines is 1. The standard InChI is InChI=1S/C17H14N4O2S/c1-11-4-2-3-5-14(11)15-19-20-17(24)21(15)18-10-12-6-8-13(9-7-12)16(22)23/h2-10H,1H3,(H,20,24)(H,22,23). The number of H-pyrrole nitrogens is 1. The molecule has 0 aliphatic carbocycles. The summed E-state index contributed by atoms with van der Waals surface area (Å²) in [5, 5.41) is 20.3. The Balaban J connectivity index is 1.96. The van der Waals surface area contributed by atoms with Gasteiger partial charge in [-0.05, 0) is 42.4 Å². The van der Waals surface area contributed by atoms with Gasteiger partial charge in [0.15, 0.2) is 5.82 Å². The highest BCUT2D eigenvalue weighted by molar-refractivity contribution is 7.71. The Labute approximate surface area is 143 Å². The Hall–Kier alpha value is -3.06. The van der Waals surface area contributed by atoms with E-state index in [0.717, 1.165) is 16.7 Å². The summed E-state index contributed by atoms with van der Waals surface area (Å²) in [6.07, 6.45) is 1.61. The number of hydrogen-bond donors (Lipinski definition) is 2. The van der Waals surface area contributed by atoms with Crippen molar-refractivity contribution in [3.8, 4) is 11.4 Å². The van der Waals surface area contributed by atoms with Gasteiger partial charge in [-0.15, -0.1) is 0 Å². The van der Waals surface area contributed by atoms with Crippen molar-refractivity contribution in [2.24, 2.45) is 5.10 Å². The van der Waals surface area contributed by atoms with E-state index >= 15 is 0 Å². The molecule has 0 radical (unpaired) electrons. The van der Waals surface area contributed by atoms with E-state index in [9.17, 15) is 4.79 Å². The third-order valence-electron chi connectivity index (χ3n) is 3.52. The van der Waals surface area contributed by atoms with Crippen LogP contribution in [0.2, 0.25) is 0 Å². The van der Waals surface area contributed by atoms with Crippen molar-refractivity contribution in [3.63, 3.8) is 0 Å². The van der Waals surface area contributed by atoms with Crippen LogP contribution in [0.4, 0.5) is 0 Å². The zero-order valence-corrected chi connectivity index (χ0v) is 13.6. The highest BCUT2D eigenvalue weighted by Gasteiger charge is 2.10. The van der Waals surface area contributed by atoms with Gasteiger partial charge in [0.2, 0.25) is 4.77 Å². The van der Waals surface area contributed by atoms with Gasteiger partial charge in [-0.3, -0.25) is 0 Å². The number of carboxylic acids is 1. The summed E-state index contributed by atoms with van der Waals surface area (Å²) in [4.78, 5) is 10.9. The first-order valence-corrected chi connectivity index (χ1v) is 7.58. The molecule has 2 aromatic carbocycles. The Morgan fingerprint density at radius 3 is 2.62 bits per heavy atom. The molecule has 0 amide bonds. The lowest BCUT2D eigenvalue weighted by molar-refractivity contribution is 0.0697. The zero-order chi connectivity index (χ0) is 17.1. The van der Waals surface area contributed by atoms with E-state index in [0.29, 0.717) is 10.6 Å². The molecule has 0 unspecified atom stereocenters. The summed E-state index contributed by atoms with van der Waals surface area (Å²) in [5.41, 5.74) is 2.99. The molecule has 0 fully saturated rings. The van der Waals surface area contributed by atoms with Gasteiger partial charge in [-0.1, -0.05) is 36.4 Å². The second-order valence-corrected chi connectivity index (χ2v) is 5.54. The van der Waals surface area contributed by atoms with E-state index < -0.39 is 5.97 Å². The van der Waals surface area contributed by atoms with Crippen molar-refractivity contribution in [2.75, 3.05) is 0 Å². The summed E-state index contributed by atoms with van der Waals surface area (Å²) in [7, 11) is 0. The lowest BCUT2D eigenvalue weighted by Gasteiger charge is -2.04. The molecule has 0 atom stereocenters. The molecule has 3 rings (SSSR count). The topological polar surface area (TPSA) is 83.3 Å². The minimum absolute atomic E-state index is 0.229. The maximum Gasteiger partial charge on any atom is 0.335 e. The van der Waals surface area contributed by atoms with Crippen molar-refractivity contribution < 1.29 is 9.90 Å². The van der Waals surface area contributed by atoms with Crippen molar-refractivity contribution in [1.82, 2.24) is 14.9 Å². The maximum absolute atomic E-state index is 10.9. The van der Waals surface area contributed by atoms with Crippen molar-refractivity contribution in [3.05, 3.63) is 70.0 Å². The summed E-state index contributed by atoms with van der Waals surface area (Å²) < 4.78 is 1.93. The molecule has 2 N–H and O–H groups in total. The van der Waals surface area contributed by atoms with Crippen LogP contribution in [0.1, 0.15) is 21.5 Å². The van der Waals surface area contributed by atoms with Gasteiger partial charge < -0.3 is 5.11 Å². The molecule has 0 saturated heterocycles. The van der Waals surface area contributed by atoms with Crippen LogP contribution in [0.25, 0.3) is 11.4 Å². The minimum atomic E-state index is -0.961. The van der Waals surface area contributed by atoms with Crippen molar-refractivity contribution >= 4 is 24.4 Å². The monoisotopic (exact) mass is 338 g/mol. The Morgan fingerprint density at radius 2 is 1.96 bits per heavy atom. The summed E-state index contributed by atoms with van der Waals surface area (Å²) in [6.45, 7) is 1.99. The molecule has 120 valence electrons. The molecule has 24 heavy (non-hydrogen) atoms.